The van der Waals surface area contributed by atoms with Crippen molar-refractivity contribution >= 4 is 17.5 Å². The molecule has 3 rings (SSSR count). The molecule has 1 amide bonds. The van der Waals surface area contributed by atoms with Gasteiger partial charge in [0, 0.05) is 30.6 Å². The number of likely N-dealkylation sites (tertiary alicyclic amines) is 2. The maximum Gasteiger partial charge on any atom is 0.226 e. The summed E-state index contributed by atoms with van der Waals surface area (Å²) in [6.07, 6.45) is 5.67. The van der Waals surface area contributed by atoms with Gasteiger partial charge in [0.25, 0.3) is 0 Å². The smallest absolute Gasteiger partial charge is 0.226 e. The van der Waals surface area contributed by atoms with Crippen LogP contribution in [0, 0.1) is 5.92 Å². The molecular formula is C19H27ClN2O. The molecule has 2 aliphatic heterocycles. The molecule has 0 aliphatic carbocycles. The Morgan fingerprint density at radius 1 is 1.04 bits per heavy atom. The lowest BCUT2D eigenvalue weighted by Gasteiger charge is -2.33. The Labute approximate surface area is 144 Å². The van der Waals surface area contributed by atoms with Gasteiger partial charge in [-0.3, -0.25) is 4.79 Å². The standard InChI is InChI=1S/C19H27ClN2O/c1-21-11-4-6-17(13-21)19(23)22-12-3-2-5-16(14-22)15-7-9-18(20)10-8-15/h7-10,16-17H,2-6,11-14H2,1H3. The number of hydrogen-bond acceptors (Lipinski definition) is 2. The van der Waals surface area contributed by atoms with Gasteiger partial charge in [0.1, 0.15) is 0 Å². The quantitative estimate of drug-likeness (QED) is 0.821. The normalized spacial score (nSPS) is 26.8. The molecule has 2 saturated heterocycles. The van der Waals surface area contributed by atoms with Crippen molar-refractivity contribution in [2.24, 2.45) is 5.92 Å². The summed E-state index contributed by atoms with van der Waals surface area (Å²) in [4.78, 5) is 17.4. The van der Waals surface area contributed by atoms with Crippen LogP contribution in [0.1, 0.15) is 43.6 Å². The van der Waals surface area contributed by atoms with Crippen molar-refractivity contribution in [2.75, 3.05) is 33.2 Å². The van der Waals surface area contributed by atoms with E-state index in [0.29, 0.717) is 11.8 Å². The first-order valence-corrected chi connectivity index (χ1v) is 9.24. The zero-order valence-corrected chi connectivity index (χ0v) is 14.8. The molecule has 3 nitrogen and oxygen atoms in total. The highest BCUT2D eigenvalue weighted by Crippen LogP contribution is 2.29. The summed E-state index contributed by atoms with van der Waals surface area (Å²) in [6.45, 7) is 3.82. The van der Waals surface area contributed by atoms with E-state index in [-0.39, 0.29) is 5.92 Å². The van der Waals surface area contributed by atoms with E-state index in [1.165, 1.54) is 12.0 Å². The topological polar surface area (TPSA) is 23.6 Å². The first kappa shape index (κ1) is 16.8. The fourth-order valence-electron chi connectivity index (χ4n) is 3.98. The van der Waals surface area contributed by atoms with Gasteiger partial charge in [-0.1, -0.05) is 30.2 Å². The van der Waals surface area contributed by atoms with Crippen LogP contribution in [0.5, 0.6) is 0 Å². The number of carbonyl (C=O) groups excluding carboxylic acids is 1. The molecule has 126 valence electrons. The number of amides is 1. The minimum atomic E-state index is 0.192. The Balaban J connectivity index is 1.69. The number of rotatable bonds is 2. The van der Waals surface area contributed by atoms with Crippen LogP contribution in [0.2, 0.25) is 5.02 Å². The Morgan fingerprint density at radius 3 is 2.57 bits per heavy atom. The van der Waals surface area contributed by atoms with E-state index in [0.717, 1.165) is 56.9 Å². The van der Waals surface area contributed by atoms with Crippen LogP contribution in [0.3, 0.4) is 0 Å². The summed E-state index contributed by atoms with van der Waals surface area (Å²) in [7, 11) is 2.12. The zero-order valence-electron chi connectivity index (χ0n) is 14.0. The van der Waals surface area contributed by atoms with E-state index in [9.17, 15) is 4.79 Å². The number of nitrogens with zero attached hydrogens (tertiary/aromatic N) is 2. The van der Waals surface area contributed by atoms with Crippen LogP contribution in [-0.2, 0) is 4.79 Å². The van der Waals surface area contributed by atoms with Crippen molar-refractivity contribution < 1.29 is 4.79 Å². The maximum atomic E-state index is 13.0. The average molecular weight is 335 g/mol. The number of halogens is 1. The predicted octanol–water partition coefficient (Wildman–Crippen LogP) is 3.78. The van der Waals surface area contributed by atoms with Crippen LogP contribution in [0.4, 0.5) is 0 Å². The molecule has 4 heteroatoms. The van der Waals surface area contributed by atoms with Crippen molar-refractivity contribution in [3.63, 3.8) is 0 Å². The molecule has 0 spiro atoms. The fraction of sp³-hybridized carbons (Fsp3) is 0.632. The van der Waals surface area contributed by atoms with Gasteiger partial charge in [0.05, 0.1) is 5.92 Å². The fourth-order valence-corrected chi connectivity index (χ4v) is 4.10. The molecule has 0 saturated carbocycles. The summed E-state index contributed by atoms with van der Waals surface area (Å²) in [6, 6.07) is 8.17. The van der Waals surface area contributed by atoms with Gasteiger partial charge in [0.15, 0.2) is 0 Å². The SMILES string of the molecule is CN1CCCC(C(=O)N2CCCCC(c3ccc(Cl)cc3)C2)C1. The van der Waals surface area contributed by atoms with Crippen LogP contribution >= 0.6 is 11.6 Å². The Hall–Kier alpha value is -1.06. The van der Waals surface area contributed by atoms with E-state index in [2.05, 4.69) is 29.0 Å². The van der Waals surface area contributed by atoms with Gasteiger partial charge in [-0.15, -0.1) is 0 Å². The highest BCUT2D eigenvalue weighted by molar-refractivity contribution is 6.30. The first-order chi connectivity index (χ1) is 11.1. The number of carbonyl (C=O) groups is 1. The lowest BCUT2D eigenvalue weighted by molar-refractivity contribution is -0.137. The molecule has 0 radical (unpaired) electrons. The van der Waals surface area contributed by atoms with Crippen molar-refractivity contribution in [3.05, 3.63) is 34.9 Å². The van der Waals surface area contributed by atoms with Crippen molar-refractivity contribution in [1.82, 2.24) is 9.80 Å². The van der Waals surface area contributed by atoms with E-state index in [1.54, 1.807) is 0 Å². The van der Waals surface area contributed by atoms with Gasteiger partial charge >= 0.3 is 0 Å². The molecular weight excluding hydrogens is 308 g/mol. The molecule has 0 bridgehead atoms. The van der Waals surface area contributed by atoms with Crippen LogP contribution in [0.15, 0.2) is 24.3 Å². The summed E-state index contributed by atoms with van der Waals surface area (Å²) in [5.74, 6) is 1.01. The highest BCUT2D eigenvalue weighted by Gasteiger charge is 2.30. The highest BCUT2D eigenvalue weighted by atomic mass is 35.5. The Bertz CT molecular complexity index is 531. The molecule has 1 aromatic carbocycles. The molecule has 2 fully saturated rings. The molecule has 1 aromatic rings. The predicted molar refractivity (Wildman–Crippen MR) is 94.8 cm³/mol. The lowest BCUT2D eigenvalue weighted by atomic mass is 9.93. The maximum absolute atomic E-state index is 13.0. The lowest BCUT2D eigenvalue weighted by Crippen LogP contribution is -2.44. The van der Waals surface area contributed by atoms with Crippen LogP contribution < -0.4 is 0 Å². The zero-order chi connectivity index (χ0) is 16.2. The van der Waals surface area contributed by atoms with E-state index >= 15 is 0 Å². The number of piperidine rings is 1. The second kappa shape index (κ2) is 7.67. The largest absolute Gasteiger partial charge is 0.342 e. The third kappa shape index (κ3) is 4.27. The van der Waals surface area contributed by atoms with Gasteiger partial charge in [-0.25, -0.2) is 0 Å². The number of hydrogen-bond donors (Lipinski definition) is 0. The second-order valence-electron chi connectivity index (χ2n) is 7.13. The summed E-state index contributed by atoms with van der Waals surface area (Å²) in [5, 5.41) is 0.778. The van der Waals surface area contributed by atoms with Gasteiger partial charge < -0.3 is 9.80 Å². The molecule has 2 atom stereocenters. The van der Waals surface area contributed by atoms with Gasteiger partial charge in [-0.05, 0) is 57.0 Å². The third-order valence-electron chi connectivity index (χ3n) is 5.30. The second-order valence-corrected chi connectivity index (χ2v) is 7.57. The van der Waals surface area contributed by atoms with Crippen molar-refractivity contribution in [2.45, 2.75) is 38.0 Å². The third-order valence-corrected chi connectivity index (χ3v) is 5.55. The van der Waals surface area contributed by atoms with Crippen LogP contribution in [-0.4, -0.2) is 48.9 Å². The summed E-state index contributed by atoms with van der Waals surface area (Å²) < 4.78 is 0. The Kier molecular flexibility index (Phi) is 5.60. The molecule has 2 heterocycles. The minimum Gasteiger partial charge on any atom is -0.342 e. The van der Waals surface area contributed by atoms with E-state index in [1.807, 2.05) is 12.1 Å². The number of benzene rings is 1. The minimum absolute atomic E-state index is 0.192. The van der Waals surface area contributed by atoms with Crippen LogP contribution in [0.25, 0.3) is 0 Å². The summed E-state index contributed by atoms with van der Waals surface area (Å²) in [5.41, 5.74) is 1.31. The average Bonchev–Trinajstić information content (AvgIpc) is 2.81. The Morgan fingerprint density at radius 2 is 1.83 bits per heavy atom. The summed E-state index contributed by atoms with van der Waals surface area (Å²) >= 11 is 6.01. The molecule has 0 N–H and O–H groups in total. The molecule has 2 unspecified atom stereocenters. The van der Waals surface area contributed by atoms with Crippen molar-refractivity contribution in [3.8, 4) is 0 Å². The van der Waals surface area contributed by atoms with Gasteiger partial charge in [0.2, 0.25) is 5.91 Å². The van der Waals surface area contributed by atoms with E-state index in [4.69, 9.17) is 11.6 Å². The molecule has 0 aromatic heterocycles. The van der Waals surface area contributed by atoms with E-state index < -0.39 is 0 Å². The molecule has 2 aliphatic rings. The monoisotopic (exact) mass is 334 g/mol. The first-order valence-electron chi connectivity index (χ1n) is 8.86. The molecule has 23 heavy (non-hydrogen) atoms. The van der Waals surface area contributed by atoms with Gasteiger partial charge in [-0.2, -0.15) is 0 Å². The van der Waals surface area contributed by atoms with Crippen molar-refractivity contribution in [1.29, 1.82) is 0 Å².